The highest BCUT2D eigenvalue weighted by molar-refractivity contribution is 6.35. The number of aryl methyl sites for hydroxylation is 3. The van der Waals surface area contributed by atoms with Gasteiger partial charge in [-0.05, 0) is 61.6 Å². The lowest BCUT2D eigenvalue weighted by Gasteiger charge is -2.16. The standard InChI is InChI=1S/C19H21Cl2NO/c1-12-4-5-16(10-13(12)2)14(3)22-19(23)9-7-15-6-8-17(20)11-18(15)21/h4-6,8,10-11,14H,7,9H2,1-3H3,(H,22,23)/t14-/m1/s1. The van der Waals surface area contributed by atoms with Crippen molar-refractivity contribution < 1.29 is 4.79 Å². The fourth-order valence-corrected chi connectivity index (χ4v) is 2.91. The van der Waals surface area contributed by atoms with Crippen LogP contribution in [0, 0.1) is 13.8 Å². The Morgan fingerprint density at radius 2 is 1.83 bits per heavy atom. The first-order chi connectivity index (χ1) is 10.9. The minimum Gasteiger partial charge on any atom is -0.350 e. The van der Waals surface area contributed by atoms with E-state index in [1.54, 1.807) is 12.1 Å². The molecule has 0 fully saturated rings. The Morgan fingerprint density at radius 1 is 1.09 bits per heavy atom. The minimum atomic E-state index is -0.0116. The molecule has 23 heavy (non-hydrogen) atoms. The van der Waals surface area contributed by atoms with E-state index in [4.69, 9.17) is 23.2 Å². The number of halogens is 2. The second-order valence-corrected chi connectivity index (χ2v) is 6.71. The predicted octanol–water partition coefficient (Wildman–Crippen LogP) is 5.42. The molecule has 2 rings (SSSR count). The predicted molar refractivity (Wildman–Crippen MR) is 97.3 cm³/mol. The maximum absolute atomic E-state index is 12.1. The van der Waals surface area contributed by atoms with Crippen LogP contribution in [-0.2, 0) is 11.2 Å². The van der Waals surface area contributed by atoms with Gasteiger partial charge in [0, 0.05) is 16.5 Å². The second-order valence-electron chi connectivity index (χ2n) is 5.87. The average Bonchev–Trinajstić information content (AvgIpc) is 2.49. The summed E-state index contributed by atoms with van der Waals surface area (Å²) < 4.78 is 0. The summed E-state index contributed by atoms with van der Waals surface area (Å²) in [5.41, 5.74) is 4.54. The van der Waals surface area contributed by atoms with Crippen molar-refractivity contribution in [2.75, 3.05) is 0 Å². The summed E-state index contributed by atoms with van der Waals surface area (Å²) in [4.78, 5) is 12.1. The Labute approximate surface area is 147 Å². The van der Waals surface area contributed by atoms with Crippen LogP contribution in [0.15, 0.2) is 36.4 Å². The lowest BCUT2D eigenvalue weighted by Crippen LogP contribution is -2.26. The van der Waals surface area contributed by atoms with Crippen molar-refractivity contribution in [1.82, 2.24) is 5.32 Å². The summed E-state index contributed by atoms with van der Waals surface area (Å²) in [7, 11) is 0. The summed E-state index contributed by atoms with van der Waals surface area (Å²) in [6.45, 7) is 6.16. The van der Waals surface area contributed by atoms with E-state index in [1.807, 2.05) is 13.0 Å². The largest absolute Gasteiger partial charge is 0.350 e. The van der Waals surface area contributed by atoms with Gasteiger partial charge < -0.3 is 5.32 Å². The zero-order chi connectivity index (χ0) is 17.0. The molecule has 0 saturated heterocycles. The summed E-state index contributed by atoms with van der Waals surface area (Å²) >= 11 is 12.0. The summed E-state index contributed by atoms with van der Waals surface area (Å²) in [6, 6.07) is 11.6. The first-order valence-electron chi connectivity index (χ1n) is 7.67. The summed E-state index contributed by atoms with van der Waals surface area (Å²) in [6.07, 6.45) is 0.998. The Kier molecular flexibility index (Phi) is 6.09. The van der Waals surface area contributed by atoms with Gasteiger partial charge in [0.2, 0.25) is 5.91 Å². The van der Waals surface area contributed by atoms with Crippen LogP contribution in [0.2, 0.25) is 10.0 Å². The third kappa shape index (κ3) is 4.98. The van der Waals surface area contributed by atoms with Crippen LogP contribution in [0.25, 0.3) is 0 Å². The van der Waals surface area contributed by atoms with Crippen molar-refractivity contribution in [3.05, 3.63) is 68.7 Å². The van der Waals surface area contributed by atoms with Gasteiger partial charge >= 0.3 is 0 Å². The Balaban J connectivity index is 1.92. The van der Waals surface area contributed by atoms with Crippen molar-refractivity contribution in [3.63, 3.8) is 0 Å². The number of nitrogens with one attached hydrogen (secondary N) is 1. The van der Waals surface area contributed by atoms with Crippen LogP contribution in [0.1, 0.15) is 41.6 Å². The highest BCUT2D eigenvalue weighted by Crippen LogP contribution is 2.22. The lowest BCUT2D eigenvalue weighted by molar-refractivity contribution is -0.121. The molecule has 1 atom stereocenters. The molecular formula is C19H21Cl2NO. The summed E-state index contributed by atoms with van der Waals surface area (Å²) in [5, 5.41) is 4.24. The van der Waals surface area contributed by atoms with Crippen LogP contribution < -0.4 is 5.32 Å². The minimum absolute atomic E-state index is 0.0116. The fourth-order valence-electron chi connectivity index (χ4n) is 2.40. The maximum Gasteiger partial charge on any atom is 0.220 e. The first kappa shape index (κ1) is 17.8. The number of carbonyl (C=O) groups excluding carboxylic acids is 1. The van der Waals surface area contributed by atoms with Crippen molar-refractivity contribution in [2.24, 2.45) is 0 Å². The van der Waals surface area contributed by atoms with Crippen molar-refractivity contribution >= 4 is 29.1 Å². The number of rotatable bonds is 5. The lowest BCUT2D eigenvalue weighted by atomic mass is 10.0. The Hall–Kier alpha value is -1.51. The Morgan fingerprint density at radius 3 is 2.48 bits per heavy atom. The van der Waals surface area contributed by atoms with Crippen molar-refractivity contribution in [1.29, 1.82) is 0 Å². The topological polar surface area (TPSA) is 29.1 Å². The van der Waals surface area contributed by atoms with Crippen LogP contribution >= 0.6 is 23.2 Å². The molecule has 0 aliphatic rings. The van der Waals surface area contributed by atoms with E-state index in [0.29, 0.717) is 22.9 Å². The molecule has 2 aromatic carbocycles. The molecule has 4 heteroatoms. The quantitative estimate of drug-likeness (QED) is 0.766. The van der Waals surface area contributed by atoms with Gasteiger partial charge in [0.1, 0.15) is 0 Å². The van der Waals surface area contributed by atoms with E-state index >= 15 is 0 Å². The van der Waals surface area contributed by atoms with Crippen LogP contribution in [-0.4, -0.2) is 5.91 Å². The molecule has 0 aliphatic heterocycles. The SMILES string of the molecule is Cc1ccc([C@@H](C)NC(=O)CCc2ccc(Cl)cc2Cl)cc1C. The zero-order valence-corrected chi connectivity index (χ0v) is 15.1. The van der Waals surface area contributed by atoms with Gasteiger partial charge in [-0.2, -0.15) is 0 Å². The highest BCUT2D eigenvalue weighted by atomic mass is 35.5. The molecule has 0 aromatic heterocycles. The number of hydrogen-bond donors (Lipinski definition) is 1. The first-order valence-corrected chi connectivity index (χ1v) is 8.43. The second kappa shape index (κ2) is 7.85. The van der Waals surface area contributed by atoms with Crippen molar-refractivity contribution in [2.45, 2.75) is 39.7 Å². The molecule has 0 radical (unpaired) electrons. The molecule has 0 unspecified atom stereocenters. The van der Waals surface area contributed by atoms with Gasteiger partial charge in [-0.3, -0.25) is 4.79 Å². The van der Waals surface area contributed by atoms with Crippen LogP contribution in [0.4, 0.5) is 0 Å². The Bertz CT molecular complexity index is 713. The van der Waals surface area contributed by atoms with Crippen LogP contribution in [0.3, 0.4) is 0 Å². The number of benzene rings is 2. The van der Waals surface area contributed by atoms with Crippen molar-refractivity contribution in [3.8, 4) is 0 Å². The molecule has 1 N–H and O–H groups in total. The average molecular weight is 350 g/mol. The van der Waals surface area contributed by atoms with E-state index in [-0.39, 0.29) is 11.9 Å². The highest BCUT2D eigenvalue weighted by Gasteiger charge is 2.11. The summed E-state index contributed by atoms with van der Waals surface area (Å²) in [5.74, 6) is 0.0155. The van der Waals surface area contributed by atoms with Gasteiger partial charge in [0.15, 0.2) is 0 Å². The fraction of sp³-hybridized carbons (Fsp3) is 0.316. The number of hydrogen-bond acceptors (Lipinski definition) is 1. The molecule has 2 nitrogen and oxygen atoms in total. The number of carbonyl (C=O) groups is 1. The zero-order valence-electron chi connectivity index (χ0n) is 13.6. The van der Waals surface area contributed by atoms with Gasteiger partial charge in [-0.25, -0.2) is 0 Å². The monoisotopic (exact) mass is 349 g/mol. The molecule has 0 aliphatic carbocycles. The third-order valence-corrected chi connectivity index (χ3v) is 4.63. The maximum atomic E-state index is 12.1. The van der Waals surface area contributed by atoms with E-state index in [0.717, 1.165) is 11.1 Å². The molecular weight excluding hydrogens is 329 g/mol. The van der Waals surface area contributed by atoms with E-state index in [9.17, 15) is 4.79 Å². The molecule has 0 spiro atoms. The molecule has 0 bridgehead atoms. The normalized spacial score (nSPS) is 12.0. The molecule has 0 heterocycles. The molecule has 122 valence electrons. The molecule has 2 aromatic rings. The molecule has 0 saturated carbocycles. The van der Waals surface area contributed by atoms with Gasteiger partial charge in [0.25, 0.3) is 0 Å². The third-order valence-electron chi connectivity index (χ3n) is 4.04. The van der Waals surface area contributed by atoms with Crippen LogP contribution in [0.5, 0.6) is 0 Å². The van der Waals surface area contributed by atoms with Gasteiger partial charge in [-0.1, -0.05) is 47.5 Å². The van der Waals surface area contributed by atoms with E-state index in [2.05, 4.69) is 37.4 Å². The van der Waals surface area contributed by atoms with E-state index in [1.165, 1.54) is 11.1 Å². The van der Waals surface area contributed by atoms with E-state index < -0.39 is 0 Å². The smallest absolute Gasteiger partial charge is 0.220 e. The van der Waals surface area contributed by atoms with Gasteiger partial charge in [0.05, 0.1) is 6.04 Å². The number of amides is 1. The van der Waals surface area contributed by atoms with Gasteiger partial charge in [-0.15, -0.1) is 0 Å². The molecule has 1 amide bonds.